The Hall–Kier alpha value is -2.84. The van der Waals surface area contributed by atoms with E-state index >= 15 is 0 Å². The Labute approximate surface area is 195 Å². The second-order valence-corrected chi connectivity index (χ2v) is 9.39. The maximum absolute atomic E-state index is 12.8. The van der Waals surface area contributed by atoms with E-state index in [4.69, 9.17) is 4.74 Å². The van der Waals surface area contributed by atoms with E-state index in [-0.39, 0.29) is 23.3 Å². The van der Waals surface area contributed by atoms with Crippen LogP contribution in [0.3, 0.4) is 0 Å². The summed E-state index contributed by atoms with van der Waals surface area (Å²) in [6.45, 7) is 5.09. The predicted molar refractivity (Wildman–Crippen MR) is 132 cm³/mol. The van der Waals surface area contributed by atoms with Gasteiger partial charge in [-0.25, -0.2) is 0 Å². The molecule has 2 heterocycles. The Morgan fingerprint density at radius 2 is 2.09 bits per heavy atom. The van der Waals surface area contributed by atoms with Crippen LogP contribution in [0.15, 0.2) is 60.1 Å². The monoisotopic (exact) mass is 467 g/mol. The predicted octanol–water partition coefficient (Wildman–Crippen LogP) is 4.04. The van der Waals surface area contributed by atoms with E-state index in [1.807, 2.05) is 45.9 Å². The number of ether oxygens (including phenoxy) is 1. The van der Waals surface area contributed by atoms with Crippen LogP contribution < -0.4 is 14.4 Å². The molecule has 0 bridgehead atoms. The molecule has 1 aromatic heterocycles. The van der Waals surface area contributed by atoms with Gasteiger partial charge in [-0.05, 0) is 42.7 Å². The molecule has 1 aliphatic heterocycles. The molecule has 32 heavy (non-hydrogen) atoms. The van der Waals surface area contributed by atoms with E-state index in [1.165, 1.54) is 28.7 Å². The summed E-state index contributed by atoms with van der Waals surface area (Å²) < 4.78 is 8.25. The smallest absolute Gasteiger partial charge is 0.258 e. The lowest BCUT2D eigenvalue weighted by atomic mass is 10.0. The molecule has 0 fully saturated rings. The van der Waals surface area contributed by atoms with Crippen molar-refractivity contribution >= 4 is 50.8 Å². The number of hydrogen-bond acceptors (Lipinski definition) is 5. The van der Waals surface area contributed by atoms with Crippen molar-refractivity contribution in [1.82, 2.24) is 4.57 Å². The van der Waals surface area contributed by atoms with Crippen molar-refractivity contribution in [3.8, 4) is 5.75 Å². The van der Waals surface area contributed by atoms with Crippen LogP contribution in [0.4, 0.5) is 5.69 Å². The summed E-state index contributed by atoms with van der Waals surface area (Å²) in [5, 5.41) is 0. The number of thioether (sulfide) groups is 1. The quantitative estimate of drug-likeness (QED) is 0.492. The van der Waals surface area contributed by atoms with Crippen molar-refractivity contribution in [3.63, 3.8) is 0 Å². The SMILES string of the molecule is C=CCn1c(=NC(=O)CSCC(=O)N2CCCc3ccccc32)sc2cc(OC)ccc21. The van der Waals surface area contributed by atoms with Gasteiger partial charge in [0.15, 0.2) is 4.80 Å². The first-order valence-electron chi connectivity index (χ1n) is 10.4. The number of carbonyl (C=O) groups is 2. The molecule has 2 aromatic carbocycles. The fourth-order valence-corrected chi connectivity index (χ4v) is 5.56. The number of anilines is 1. The highest BCUT2D eigenvalue weighted by Gasteiger charge is 2.22. The van der Waals surface area contributed by atoms with E-state index in [0.717, 1.165) is 41.0 Å². The highest BCUT2D eigenvalue weighted by molar-refractivity contribution is 8.00. The van der Waals surface area contributed by atoms with Gasteiger partial charge in [0.1, 0.15) is 5.75 Å². The molecule has 2 amide bonds. The normalized spacial score (nSPS) is 13.8. The third kappa shape index (κ3) is 4.81. The molecular formula is C24H25N3O3S2. The summed E-state index contributed by atoms with van der Waals surface area (Å²) in [5.41, 5.74) is 3.18. The largest absolute Gasteiger partial charge is 0.497 e. The molecule has 0 radical (unpaired) electrons. The van der Waals surface area contributed by atoms with Gasteiger partial charge >= 0.3 is 0 Å². The lowest BCUT2D eigenvalue weighted by molar-refractivity contribution is -0.116. The van der Waals surface area contributed by atoms with Crippen molar-refractivity contribution in [3.05, 3.63) is 65.5 Å². The summed E-state index contributed by atoms with van der Waals surface area (Å²) in [6.07, 6.45) is 3.74. The Kier molecular flexibility index (Phi) is 7.12. The highest BCUT2D eigenvalue weighted by atomic mass is 32.2. The maximum atomic E-state index is 12.8. The fourth-order valence-electron chi connectivity index (χ4n) is 3.81. The molecule has 1 aliphatic rings. The second kappa shape index (κ2) is 10.2. The number of fused-ring (bicyclic) bond motifs is 2. The summed E-state index contributed by atoms with van der Waals surface area (Å²) in [4.78, 5) is 32.1. The standard InChI is InChI=1S/C24H25N3O3S2/c1-3-12-27-20-11-10-18(30-2)14-21(20)32-24(27)25-22(28)15-31-16-23(29)26-13-6-8-17-7-4-5-9-19(17)26/h3-5,7,9-11,14H,1,6,8,12-13,15-16H2,2H3. The Morgan fingerprint density at radius 1 is 1.25 bits per heavy atom. The number of allylic oxidation sites excluding steroid dienone is 1. The number of amides is 2. The van der Waals surface area contributed by atoms with Crippen LogP contribution >= 0.6 is 23.1 Å². The van der Waals surface area contributed by atoms with Crippen LogP contribution in [-0.4, -0.2) is 41.5 Å². The van der Waals surface area contributed by atoms with Gasteiger partial charge in [0.25, 0.3) is 5.91 Å². The molecule has 0 saturated heterocycles. The van der Waals surface area contributed by atoms with Crippen molar-refractivity contribution in [2.75, 3.05) is 30.1 Å². The first kappa shape index (κ1) is 22.4. The molecule has 4 rings (SSSR count). The van der Waals surface area contributed by atoms with Gasteiger partial charge in [-0.15, -0.1) is 18.3 Å². The average Bonchev–Trinajstić information content (AvgIpc) is 3.14. The summed E-state index contributed by atoms with van der Waals surface area (Å²) in [6, 6.07) is 13.8. The van der Waals surface area contributed by atoms with Crippen molar-refractivity contribution < 1.29 is 14.3 Å². The zero-order valence-electron chi connectivity index (χ0n) is 18.0. The number of benzene rings is 2. The summed E-state index contributed by atoms with van der Waals surface area (Å²) in [7, 11) is 1.63. The number of hydrogen-bond donors (Lipinski definition) is 0. The van der Waals surface area contributed by atoms with E-state index in [2.05, 4.69) is 17.6 Å². The summed E-state index contributed by atoms with van der Waals surface area (Å²) >= 11 is 2.75. The molecule has 0 unspecified atom stereocenters. The lowest BCUT2D eigenvalue weighted by Crippen LogP contribution is -2.36. The zero-order chi connectivity index (χ0) is 22.5. The Bertz CT molecular complexity index is 1230. The minimum Gasteiger partial charge on any atom is -0.497 e. The van der Waals surface area contributed by atoms with E-state index in [9.17, 15) is 9.59 Å². The highest BCUT2D eigenvalue weighted by Crippen LogP contribution is 2.27. The van der Waals surface area contributed by atoms with Gasteiger partial charge < -0.3 is 14.2 Å². The third-order valence-electron chi connectivity index (χ3n) is 5.28. The maximum Gasteiger partial charge on any atom is 0.258 e. The zero-order valence-corrected chi connectivity index (χ0v) is 19.6. The minimum absolute atomic E-state index is 0.0330. The van der Waals surface area contributed by atoms with Crippen LogP contribution in [0.1, 0.15) is 12.0 Å². The number of para-hydroxylation sites is 1. The topological polar surface area (TPSA) is 63.9 Å². The van der Waals surface area contributed by atoms with E-state index in [0.29, 0.717) is 11.3 Å². The number of rotatable bonds is 7. The molecule has 0 spiro atoms. The molecule has 8 heteroatoms. The molecular weight excluding hydrogens is 442 g/mol. The minimum atomic E-state index is -0.252. The van der Waals surface area contributed by atoms with Gasteiger partial charge in [0.2, 0.25) is 5.91 Å². The number of nitrogens with zero attached hydrogens (tertiary/aromatic N) is 3. The molecule has 6 nitrogen and oxygen atoms in total. The number of methoxy groups -OCH3 is 1. The van der Waals surface area contributed by atoms with Gasteiger partial charge in [-0.2, -0.15) is 4.99 Å². The van der Waals surface area contributed by atoms with Crippen molar-refractivity contribution in [2.24, 2.45) is 4.99 Å². The van der Waals surface area contributed by atoms with E-state index < -0.39 is 0 Å². The molecule has 3 aromatic rings. The number of carbonyl (C=O) groups excluding carboxylic acids is 2. The van der Waals surface area contributed by atoms with Gasteiger partial charge in [-0.3, -0.25) is 9.59 Å². The fraction of sp³-hybridized carbons (Fsp3) is 0.292. The third-order valence-corrected chi connectivity index (χ3v) is 7.23. The molecule has 0 aliphatic carbocycles. The van der Waals surface area contributed by atoms with Crippen LogP contribution in [0.5, 0.6) is 5.75 Å². The number of aryl methyl sites for hydroxylation is 1. The first-order valence-corrected chi connectivity index (χ1v) is 12.4. The number of thiazole rings is 1. The molecule has 0 N–H and O–H groups in total. The van der Waals surface area contributed by atoms with Crippen molar-refractivity contribution in [2.45, 2.75) is 19.4 Å². The lowest BCUT2D eigenvalue weighted by Gasteiger charge is -2.29. The van der Waals surface area contributed by atoms with E-state index in [1.54, 1.807) is 13.2 Å². The second-order valence-electron chi connectivity index (χ2n) is 7.39. The van der Waals surface area contributed by atoms with Gasteiger partial charge in [0, 0.05) is 18.8 Å². The van der Waals surface area contributed by atoms with Crippen LogP contribution in [0.2, 0.25) is 0 Å². The Morgan fingerprint density at radius 3 is 2.91 bits per heavy atom. The average molecular weight is 468 g/mol. The molecule has 0 saturated carbocycles. The molecule has 166 valence electrons. The van der Waals surface area contributed by atoms with Crippen molar-refractivity contribution in [1.29, 1.82) is 0 Å². The Balaban J connectivity index is 1.44. The summed E-state index contributed by atoms with van der Waals surface area (Å²) in [5.74, 6) is 0.957. The van der Waals surface area contributed by atoms with Crippen LogP contribution in [-0.2, 0) is 22.6 Å². The number of aromatic nitrogens is 1. The van der Waals surface area contributed by atoms with Crippen LogP contribution in [0.25, 0.3) is 10.2 Å². The molecule has 0 atom stereocenters. The van der Waals surface area contributed by atoms with Gasteiger partial charge in [0.05, 0.1) is 28.8 Å². The van der Waals surface area contributed by atoms with Gasteiger partial charge in [-0.1, -0.05) is 35.6 Å². The first-order chi connectivity index (χ1) is 15.6. The van der Waals surface area contributed by atoms with Crippen LogP contribution in [0, 0.1) is 0 Å².